The normalized spacial score (nSPS) is 24.0. The largest absolute Gasteiger partial charge is 0.316 e. The monoisotopic (exact) mass is 215 g/mol. The first kappa shape index (κ1) is 12.1. The average molecular weight is 216 g/mol. The Bertz CT molecular complexity index is 180. The van der Waals surface area contributed by atoms with Crippen molar-refractivity contribution in [2.24, 2.45) is 0 Å². The molecule has 0 spiro atoms. The van der Waals surface area contributed by atoms with Crippen LogP contribution in [0.3, 0.4) is 0 Å². The highest BCUT2D eigenvalue weighted by atomic mass is 35.5. The fourth-order valence-electron chi connectivity index (χ4n) is 2.60. The lowest BCUT2D eigenvalue weighted by molar-refractivity contribution is 0.586. The molecule has 2 heteroatoms. The van der Waals surface area contributed by atoms with Gasteiger partial charge in [-0.25, -0.2) is 0 Å². The summed E-state index contributed by atoms with van der Waals surface area (Å²) in [7, 11) is 0. The van der Waals surface area contributed by atoms with E-state index in [4.69, 9.17) is 0 Å². The van der Waals surface area contributed by atoms with E-state index in [2.05, 4.69) is 5.32 Å². The summed E-state index contributed by atoms with van der Waals surface area (Å²) < 4.78 is 0. The second-order valence-corrected chi connectivity index (χ2v) is 4.37. The van der Waals surface area contributed by atoms with Crippen LogP contribution < -0.4 is 5.32 Å². The molecular formula is C12H22ClN. The molecule has 82 valence electrons. The van der Waals surface area contributed by atoms with Gasteiger partial charge >= 0.3 is 0 Å². The molecule has 1 nitrogen and oxygen atoms in total. The van der Waals surface area contributed by atoms with Gasteiger partial charge in [0.05, 0.1) is 0 Å². The zero-order chi connectivity index (χ0) is 8.93. The maximum absolute atomic E-state index is 3.48. The predicted molar refractivity (Wildman–Crippen MR) is 64.1 cm³/mol. The molecule has 0 aromatic rings. The lowest BCUT2D eigenvalue weighted by Gasteiger charge is -2.18. The molecule has 0 bridgehead atoms. The number of halogens is 1. The molecule has 0 aromatic carbocycles. The second-order valence-electron chi connectivity index (χ2n) is 4.37. The first-order chi connectivity index (χ1) is 6.47. The van der Waals surface area contributed by atoms with Crippen molar-refractivity contribution in [2.75, 3.05) is 13.1 Å². The molecule has 1 saturated heterocycles. The van der Waals surface area contributed by atoms with E-state index in [1.165, 1.54) is 64.5 Å². The molecule has 1 saturated carbocycles. The summed E-state index contributed by atoms with van der Waals surface area (Å²) in [6.45, 7) is 2.45. The van der Waals surface area contributed by atoms with E-state index < -0.39 is 0 Å². The average Bonchev–Trinajstić information content (AvgIpc) is 2.47. The summed E-state index contributed by atoms with van der Waals surface area (Å²) >= 11 is 0. The van der Waals surface area contributed by atoms with Crippen LogP contribution in [0.2, 0.25) is 0 Å². The Kier molecular flexibility index (Phi) is 5.57. The lowest BCUT2D eigenvalue weighted by Crippen LogP contribution is -2.13. The topological polar surface area (TPSA) is 12.0 Å². The van der Waals surface area contributed by atoms with Crippen molar-refractivity contribution in [3.8, 4) is 0 Å². The molecule has 1 N–H and O–H groups in total. The van der Waals surface area contributed by atoms with Crippen molar-refractivity contribution in [3.63, 3.8) is 0 Å². The first-order valence-corrected chi connectivity index (χ1v) is 5.87. The summed E-state index contributed by atoms with van der Waals surface area (Å²) in [6, 6.07) is 0. The van der Waals surface area contributed by atoms with Crippen molar-refractivity contribution < 1.29 is 0 Å². The third-order valence-electron chi connectivity index (χ3n) is 3.39. The third kappa shape index (κ3) is 3.29. The van der Waals surface area contributed by atoms with E-state index in [0.29, 0.717) is 0 Å². The Morgan fingerprint density at radius 3 is 2.07 bits per heavy atom. The molecule has 1 heterocycles. The van der Waals surface area contributed by atoms with Gasteiger partial charge in [-0.05, 0) is 58.0 Å². The fourth-order valence-corrected chi connectivity index (χ4v) is 2.60. The quantitative estimate of drug-likeness (QED) is 0.611. The van der Waals surface area contributed by atoms with E-state index in [1.54, 1.807) is 0 Å². The maximum Gasteiger partial charge on any atom is -0.00115 e. The molecule has 0 amide bonds. The van der Waals surface area contributed by atoms with Crippen LogP contribution in [0.5, 0.6) is 0 Å². The highest BCUT2D eigenvalue weighted by molar-refractivity contribution is 5.85. The van der Waals surface area contributed by atoms with E-state index in [0.717, 1.165) is 0 Å². The predicted octanol–water partition coefficient (Wildman–Crippen LogP) is 3.44. The zero-order valence-corrected chi connectivity index (χ0v) is 9.80. The summed E-state index contributed by atoms with van der Waals surface area (Å²) in [5.74, 6) is 0. The Morgan fingerprint density at radius 2 is 1.29 bits per heavy atom. The third-order valence-corrected chi connectivity index (χ3v) is 3.39. The summed E-state index contributed by atoms with van der Waals surface area (Å²) in [4.78, 5) is 0. The molecule has 2 rings (SSSR count). The van der Waals surface area contributed by atoms with E-state index >= 15 is 0 Å². The van der Waals surface area contributed by atoms with Gasteiger partial charge in [0.15, 0.2) is 0 Å². The Hall–Kier alpha value is -0.0100. The fraction of sp³-hybridized carbons (Fsp3) is 0.833. The van der Waals surface area contributed by atoms with Crippen LogP contribution in [0.4, 0.5) is 0 Å². The van der Waals surface area contributed by atoms with Crippen molar-refractivity contribution >= 4 is 12.4 Å². The van der Waals surface area contributed by atoms with Gasteiger partial charge in [0, 0.05) is 0 Å². The van der Waals surface area contributed by atoms with E-state index in [9.17, 15) is 0 Å². The van der Waals surface area contributed by atoms with Crippen LogP contribution in [0.15, 0.2) is 11.1 Å². The molecule has 14 heavy (non-hydrogen) atoms. The van der Waals surface area contributed by atoms with Crippen LogP contribution in [-0.2, 0) is 0 Å². The smallest absolute Gasteiger partial charge is 0.00115 e. The summed E-state index contributed by atoms with van der Waals surface area (Å²) in [5.41, 5.74) is 3.64. The molecule has 0 aromatic heterocycles. The van der Waals surface area contributed by atoms with Crippen molar-refractivity contribution in [3.05, 3.63) is 11.1 Å². The lowest BCUT2D eigenvalue weighted by atomic mass is 9.88. The van der Waals surface area contributed by atoms with Gasteiger partial charge in [-0.15, -0.1) is 12.4 Å². The van der Waals surface area contributed by atoms with Gasteiger partial charge in [0.25, 0.3) is 0 Å². The molecule has 0 atom stereocenters. The second kappa shape index (κ2) is 6.47. The van der Waals surface area contributed by atoms with Gasteiger partial charge in [-0.3, -0.25) is 0 Å². The first-order valence-electron chi connectivity index (χ1n) is 5.87. The van der Waals surface area contributed by atoms with Crippen LogP contribution >= 0.6 is 12.4 Å². The van der Waals surface area contributed by atoms with Crippen LogP contribution in [0, 0.1) is 0 Å². The van der Waals surface area contributed by atoms with Crippen LogP contribution in [0.25, 0.3) is 0 Å². The van der Waals surface area contributed by atoms with Gasteiger partial charge in [0.1, 0.15) is 0 Å². The minimum Gasteiger partial charge on any atom is -0.316 e. The van der Waals surface area contributed by atoms with Crippen molar-refractivity contribution in [1.29, 1.82) is 0 Å². The summed E-state index contributed by atoms with van der Waals surface area (Å²) in [6.07, 6.45) is 11.3. The molecule has 2 aliphatic rings. The SMILES string of the molecule is C1CCC(=C2CCCNCC2)CC1.Cl. The number of hydrogen-bond acceptors (Lipinski definition) is 1. The van der Waals surface area contributed by atoms with Gasteiger partial charge in [-0.2, -0.15) is 0 Å². The summed E-state index contributed by atoms with van der Waals surface area (Å²) in [5, 5.41) is 3.48. The Labute approximate surface area is 93.8 Å². The van der Waals surface area contributed by atoms with Crippen molar-refractivity contribution in [2.45, 2.75) is 51.4 Å². The standard InChI is InChI=1S/C12H21N.ClH/c1-2-5-11(6-3-1)12-7-4-9-13-10-8-12;/h13H,1-10H2;1H. The van der Waals surface area contributed by atoms with E-state index in [1.807, 2.05) is 11.1 Å². The molecular weight excluding hydrogens is 194 g/mol. The number of allylic oxidation sites excluding steroid dienone is 1. The van der Waals surface area contributed by atoms with Crippen molar-refractivity contribution in [1.82, 2.24) is 5.32 Å². The zero-order valence-electron chi connectivity index (χ0n) is 8.98. The minimum absolute atomic E-state index is 0. The molecule has 1 aliphatic heterocycles. The highest BCUT2D eigenvalue weighted by Gasteiger charge is 2.12. The van der Waals surface area contributed by atoms with Gasteiger partial charge < -0.3 is 5.32 Å². The number of rotatable bonds is 0. The number of hydrogen-bond donors (Lipinski definition) is 1. The Balaban J connectivity index is 0.000000980. The molecule has 0 radical (unpaired) electrons. The van der Waals surface area contributed by atoms with Gasteiger partial charge in [-0.1, -0.05) is 17.6 Å². The molecule has 0 unspecified atom stereocenters. The Morgan fingerprint density at radius 1 is 0.643 bits per heavy atom. The van der Waals surface area contributed by atoms with Gasteiger partial charge in [0.2, 0.25) is 0 Å². The van der Waals surface area contributed by atoms with Crippen LogP contribution in [-0.4, -0.2) is 13.1 Å². The molecule has 1 aliphatic carbocycles. The minimum atomic E-state index is 0. The maximum atomic E-state index is 3.48. The molecule has 2 fully saturated rings. The van der Waals surface area contributed by atoms with E-state index in [-0.39, 0.29) is 12.4 Å². The highest BCUT2D eigenvalue weighted by Crippen LogP contribution is 2.29. The van der Waals surface area contributed by atoms with Crippen LogP contribution in [0.1, 0.15) is 51.4 Å². The number of nitrogens with one attached hydrogen (secondary N) is 1.